The lowest BCUT2D eigenvalue weighted by atomic mass is 10.2. The summed E-state index contributed by atoms with van der Waals surface area (Å²) in [6.07, 6.45) is 0. The Morgan fingerprint density at radius 3 is 2.60 bits per heavy atom. The molecule has 0 saturated carbocycles. The van der Waals surface area contributed by atoms with Crippen LogP contribution in [0.15, 0.2) is 58.8 Å². The first-order valence-electron chi connectivity index (χ1n) is 9.52. The Labute approximate surface area is 179 Å². The van der Waals surface area contributed by atoms with Crippen molar-refractivity contribution in [2.75, 3.05) is 33.3 Å². The number of hydrogen-bond donors (Lipinski definition) is 0. The number of ether oxygens (including phenoxy) is 1. The summed E-state index contributed by atoms with van der Waals surface area (Å²) in [6, 6.07) is 12.9. The summed E-state index contributed by atoms with van der Waals surface area (Å²) in [7, 11) is -2.04. The van der Waals surface area contributed by atoms with Gasteiger partial charge in [0.2, 0.25) is 10.0 Å². The van der Waals surface area contributed by atoms with E-state index in [0.29, 0.717) is 32.7 Å². The number of hydrogen-bond acceptors (Lipinski definition) is 6. The van der Waals surface area contributed by atoms with E-state index in [1.54, 1.807) is 18.4 Å². The molecule has 30 heavy (non-hydrogen) atoms. The molecule has 0 radical (unpaired) electrons. The molecule has 0 atom stereocenters. The zero-order valence-electron chi connectivity index (χ0n) is 16.5. The van der Waals surface area contributed by atoms with Gasteiger partial charge in [-0.15, -0.1) is 11.3 Å². The normalized spacial score (nSPS) is 15.9. The molecule has 0 amide bonds. The van der Waals surface area contributed by atoms with Crippen molar-refractivity contribution < 1.29 is 17.5 Å². The van der Waals surface area contributed by atoms with Gasteiger partial charge in [0, 0.05) is 43.7 Å². The summed E-state index contributed by atoms with van der Waals surface area (Å²) in [5.41, 5.74) is 1.97. The molecule has 2 heterocycles. The number of piperazine rings is 1. The van der Waals surface area contributed by atoms with Crippen LogP contribution in [-0.4, -0.2) is 55.9 Å². The van der Waals surface area contributed by atoms with E-state index in [1.807, 2.05) is 29.6 Å². The molecular weight excluding hydrogens is 425 g/mol. The van der Waals surface area contributed by atoms with Crippen molar-refractivity contribution in [3.63, 3.8) is 0 Å². The predicted molar refractivity (Wildman–Crippen MR) is 115 cm³/mol. The van der Waals surface area contributed by atoms with Crippen LogP contribution in [0.5, 0.6) is 5.75 Å². The molecular formula is C21H22FN3O3S2. The van der Waals surface area contributed by atoms with Gasteiger partial charge < -0.3 is 4.74 Å². The van der Waals surface area contributed by atoms with Crippen molar-refractivity contribution >= 4 is 21.4 Å². The van der Waals surface area contributed by atoms with Gasteiger partial charge in [-0.1, -0.05) is 18.2 Å². The number of rotatable bonds is 6. The van der Waals surface area contributed by atoms with E-state index >= 15 is 0 Å². The van der Waals surface area contributed by atoms with Gasteiger partial charge in [-0.3, -0.25) is 4.90 Å². The second-order valence-corrected chi connectivity index (χ2v) is 9.81. The fourth-order valence-corrected chi connectivity index (χ4v) is 5.66. The van der Waals surface area contributed by atoms with Gasteiger partial charge >= 0.3 is 0 Å². The molecule has 2 aromatic carbocycles. The van der Waals surface area contributed by atoms with Crippen LogP contribution in [-0.2, 0) is 16.6 Å². The number of nitrogens with zero attached hydrogens (tertiary/aromatic N) is 3. The Kier molecular flexibility index (Phi) is 6.14. The van der Waals surface area contributed by atoms with Crippen LogP contribution in [0.4, 0.5) is 4.39 Å². The molecule has 1 aromatic heterocycles. The predicted octanol–water partition coefficient (Wildman–Crippen LogP) is 3.46. The van der Waals surface area contributed by atoms with Gasteiger partial charge in [0.1, 0.15) is 16.6 Å². The van der Waals surface area contributed by atoms with Gasteiger partial charge in [0.15, 0.2) is 0 Å². The van der Waals surface area contributed by atoms with Crippen molar-refractivity contribution in [3.05, 3.63) is 65.4 Å². The topological polar surface area (TPSA) is 62.7 Å². The van der Waals surface area contributed by atoms with Crippen LogP contribution in [0, 0.1) is 5.82 Å². The monoisotopic (exact) mass is 447 g/mol. The quantitative estimate of drug-likeness (QED) is 0.579. The maximum atomic E-state index is 13.4. The third-order valence-electron chi connectivity index (χ3n) is 5.02. The molecule has 1 aliphatic rings. The minimum atomic E-state index is -3.68. The largest absolute Gasteiger partial charge is 0.497 e. The zero-order chi connectivity index (χ0) is 21.1. The Bertz CT molecular complexity index is 1130. The Balaban J connectivity index is 1.38. The lowest BCUT2D eigenvalue weighted by Gasteiger charge is -2.33. The maximum Gasteiger partial charge on any atom is 0.243 e. The molecule has 9 heteroatoms. The zero-order valence-corrected chi connectivity index (χ0v) is 18.1. The average Bonchev–Trinajstić information content (AvgIpc) is 3.23. The minimum Gasteiger partial charge on any atom is -0.497 e. The van der Waals surface area contributed by atoms with Crippen molar-refractivity contribution in [1.29, 1.82) is 0 Å². The van der Waals surface area contributed by atoms with Gasteiger partial charge in [0.05, 0.1) is 17.7 Å². The molecule has 0 spiro atoms. The van der Waals surface area contributed by atoms with E-state index in [-0.39, 0.29) is 4.90 Å². The molecule has 0 bridgehead atoms. The van der Waals surface area contributed by atoms with Crippen molar-refractivity contribution in [3.8, 4) is 16.3 Å². The summed E-state index contributed by atoms with van der Waals surface area (Å²) in [5, 5.41) is 2.96. The van der Waals surface area contributed by atoms with Crippen LogP contribution in [0.1, 0.15) is 5.69 Å². The number of halogens is 1. The highest BCUT2D eigenvalue weighted by Gasteiger charge is 2.29. The van der Waals surface area contributed by atoms with Crippen LogP contribution >= 0.6 is 11.3 Å². The maximum absolute atomic E-state index is 13.4. The number of thiazole rings is 1. The first-order valence-corrected chi connectivity index (χ1v) is 11.8. The van der Waals surface area contributed by atoms with Gasteiger partial charge in [0.25, 0.3) is 0 Å². The number of benzene rings is 2. The van der Waals surface area contributed by atoms with Crippen molar-refractivity contribution in [2.24, 2.45) is 0 Å². The second kappa shape index (κ2) is 8.81. The summed E-state index contributed by atoms with van der Waals surface area (Å²) in [5.74, 6) is 0.241. The third kappa shape index (κ3) is 4.54. The standard InChI is InChI=1S/C21H22FN3O3S2/c1-28-19-6-2-4-16(12-19)21-23-18(15-29-21)14-24-8-10-25(11-9-24)30(26,27)20-7-3-5-17(22)13-20/h2-7,12-13,15H,8-11,14H2,1H3. The highest BCUT2D eigenvalue weighted by molar-refractivity contribution is 7.89. The summed E-state index contributed by atoms with van der Waals surface area (Å²) < 4.78 is 45.6. The molecule has 1 saturated heterocycles. The first kappa shape index (κ1) is 20.9. The number of sulfonamides is 1. The van der Waals surface area contributed by atoms with Crippen LogP contribution in [0.25, 0.3) is 10.6 Å². The molecule has 0 unspecified atom stereocenters. The fourth-order valence-electron chi connectivity index (χ4n) is 3.40. The molecule has 1 aliphatic heterocycles. The highest BCUT2D eigenvalue weighted by atomic mass is 32.2. The van der Waals surface area contributed by atoms with E-state index in [1.165, 1.54) is 22.5 Å². The van der Waals surface area contributed by atoms with Gasteiger partial charge in [-0.05, 0) is 30.3 Å². The molecule has 3 aromatic rings. The first-order chi connectivity index (χ1) is 14.5. The van der Waals surface area contributed by atoms with E-state index in [2.05, 4.69) is 4.90 Å². The summed E-state index contributed by atoms with van der Waals surface area (Å²) in [6.45, 7) is 2.59. The lowest BCUT2D eigenvalue weighted by Crippen LogP contribution is -2.48. The number of aromatic nitrogens is 1. The van der Waals surface area contributed by atoms with Gasteiger partial charge in [-0.25, -0.2) is 17.8 Å². The van der Waals surface area contributed by atoms with Crippen LogP contribution in [0.3, 0.4) is 0 Å². The fraction of sp³-hybridized carbons (Fsp3) is 0.286. The Morgan fingerprint density at radius 1 is 1.10 bits per heavy atom. The van der Waals surface area contributed by atoms with Crippen molar-refractivity contribution in [1.82, 2.24) is 14.2 Å². The summed E-state index contributed by atoms with van der Waals surface area (Å²) in [4.78, 5) is 6.90. The van der Waals surface area contributed by atoms with E-state index in [0.717, 1.165) is 28.1 Å². The highest BCUT2D eigenvalue weighted by Crippen LogP contribution is 2.27. The third-order valence-corrected chi connectivity index (χ3v) is 7.85. The Morgan fingerprint density at radius 2 is 1.87 bits per heavy atom. The average molecular weight is 448 g/mol. The minimum absolute atomic E-state index is 0.00150. The SMILES string of the molecule is COc1cccc(-c2nc(CN3CCN(S(=O)(=O)c4cccc(F)c4)CC3)cs2)c1. The Hall–Kier alpha value is -2.33. The molecule has 4 rings (SSSR count). The van der Waals surface area contributed by atoms with Crippen LogP contribution in [0.2, 0.25) is 0 Å². The van der Waals surface area contributed by atoms with Crippen LogP contribution < -0.4 is 4.74 Å². The number of methoxy groups -OCH3 is 1. The van der Waals surface area contributed by atoms with E-state index in [4.69, 9.17) is 9.72 Å². The molecule has 0 aliphatic carbocycles. The van der Waals surface area contributed by atoms with Crippen molar-refractivity contribution in [2.45, 2.75) is 11.4 Å². The second-order valence-electron chi connectivity index (χ2n) is 7.01. The smallest absolute Gasteiger partial charge is 0.243 e. The molecule has 6 nitrogen and oxygen atoms in total. The lowest BCUT2D eigenvalue weighted by molar-refractivity contribution is 0.180. The van der Waals surface area contributed by atoms with Gasteiger partial charge in [-0.2, -0.15) is 4.31 Å². The molecule has 158 valence electrons. The molecule has 1 fully saturated rings. The van der Waals surface area contributed by atoms with E-state index in [9.17, 15) is 12.8 Å². The van der Waals surface area contributed by atoms with E-state index < -0.39 is 15.8 Å². The molecule has 0 N–H and O–H groups in total. The summed E-state index contributed by atoms with van der Waals surface area (Å²) >= 11 is 1.58.